The van der Waals surface area contributed by atoms with Crippen LogP contribution in [-0.2, 0) is 14.4 Å². The lowest BCUT2D eigenvalue weighted by atomic mass is 9.88. The van der Waals surface area contributed by atoms with E-state index >= 15 is 0 Å². The number of hydrogen-bond acceptors (Lipinski definition) is 5. The van der Waals surface area contributed by atoms with Gasteiger partial charge < -0.3 is 20.6 Å². The van der Waals surface area contributed by atoms with Crippen molar-refractivity contribution in [3.05, 3.63) is 35.4 Å². The van der Waals surface area contributed by atoms with Crippen molar-refractivity contribution in [1.29, 1.82) is 5.26 Å². The molecule has 8 heteroatoms. The summed E-state index contributed by atoms with van der Waals surface area (Å²) in [5.74, 6) is -0.150. The molecule has 0 aromatic heterocycles. The van der Waals surface area contributed by atoms with Crippen LogP contribution in [0.15, 0.2) is 24.3 Å². The zero-order chi connectivity index (χ0) is 24.5. The van der Waals surface area contributed by atoms with Crippen LogP contribution in [0.2, 0.25) is 0 Å². The largest absolute Gasteiger partial charge is 0.391 e. The molecule has 0 spiro atoms. The van der Waals surface area contributed by atoms with Gasteiger partial charge in [0.25, 0.3) is 0 Å². The SMILES string of the molecule is CC(NC(=O)C1CC(O)CN1C=O)c1ccc(C#N)cc1.CCC(=O)NC(C)C(C)(C)C. The van der Waals surface area contributed by atoms with Crippen molar-refractivity contribution in [3.8, 4) is 6.07 Å². The zero-order valence-corrected chi connectivity index (χ0v) is 19.9. The molecule has 1 aliphatic heterocycles. The van der Waals surface area contributed by atoms with E-state index in [0.29, 0.717) is 18.4 Å². The van der Waals surface area contributed by atoms with E-state index in [-0.39, 0.29) is 42.3 Å². The quantitative estimate of drug-likeness (QED) is 0.581. The summed E-state index contributed by atoms with van der Waals surface area (Å²) in [7, 11) is 0. The van der Waals surface area contributed by atoms with Crippen LogP contribution in [0, 0.1) is 16.7 Å². The molecule has 0 bridgehead atoms. The van der Waals surface area contributed by atoms with E-state index in [9.17, 15) is 19.5 Å². The molecule has 32 heavy (non-hydrogen) atoms. The van der Waals surface area contributed by atoms with E-state index in [1.807, 2.05) is 26.8 Å². The van der Waals surface area contributed by atoms with Crippen molar-refractivity contribution in [2.75, 3.05) is 6.54 Å². The summed E-state index contributed by atoms with van der Waals surface area (Å²) in [6, 6.07) is 8.36. The number of amides is 3. The number of hydrogen-bond donors (Lipinski definition) is 3. The Balaban J connectivity index is 0.000000396. The Morgan fingerprint density at radius 3 is 2.31 bits per heavy atom. The maximum atomic E-state index is 12.2. The van der Waals surface area contributed by atoms with Gasteiger partial charge in [0.2, 0.25) is 18.2 Å². The second kappa shape index (κ2) is 12.2. The highest BCUT2D eigenvalue weighted by Gasteiger charge is 2.35. The van der Waals surface area contributed by atoms with Crippen molar-refractivity contribution in [2.45, 2.75) is 78.6 Å². The van der Waals surface area contributed by atoms with Gasteiger partial charge in [-0.25, -0.2) is 0 Å². The number of carbonyl (C=O) groups excluding carboxylic acids is 3. The van der Waals surface area contributed by atoms with Crippen LogP contribution >= 0.6 is 0 Å². The van der Waals surface area contributed by atoms with Crippen LogP contribution in [-0.4, -0.2) is 53.0 Å². The third kappa shape index (κ3) is 8.31. The third-order valence-electron chi connectivity index (χ3n) is 5.65. The van der Waals surface area contributed by atoms with Crippen LogP contribution in [0.4, 0.5) is 0 Å². The smallest absolute Gasteiger partial charge is 0.243 e. The molecule has 4 atom stereocenters. The summed E-state index contributed by atoms with van der Waals surface area (Å²) in [6.07, 6.45) is 0.758. The number of aliphatic hydroxyl groups excluding tert-OH is 1. The summed E-state index contributed by atoms with van der Waals surface area (Å²) in [5.41, 5.74) is 1.59. The summed E-state index contributed by atoms with van der Waals surface area (Å²) in [5, 5.41) is 24.1. The molecular weight excluding hydrogens is 408 g/mol. The highest BCUT2D eigenvalue weighted by atomic mass is 16.3. The van der Waals surface area contributed by atoms with Gasteiger partial charge in [0.15, 0.2) is 0 Å². The normalized spacial score (nSPS) is 19.6. The first-order valence-electron chi connectivity index (χ1n) is 10.9. The molecule has 0 aliphatic carbocycles. The van der Waals surface area contributed by atoms with Gasteiger partial charge >= 0.3 is 0 Å². The highest BCUT2D eigenvalue weighted by Crippen LogP contribution is 2.19. The van der Waals surface area contributed by atoms with Crippen molar-refractivity contribution < 1.29 is 19.5 Å². The molecule has 1 aliphatic rings. The molecule has 8 nitrogen and oxygen atoms in total. The van der Waals surface area contributed by atoms with Gasteiger partial charge in [-0.2, -0.15) is 5.26 Å². The van der Waals surface area contributed by atoms with Gasteiger partial charge in [0.1, 0.15) is 6.04 Å². The Morgan fingerprint density at radius 1 is 1.25 bits per heavy atom. The van der Waals surface area contributed by atoms with Crippen LogP contribution in [0.3, 0.4) is 0 Å². The summed E-state index contributed by atoms with van der Waals surface area (Å²) in [4.78, 5) is 35.4. The highest BCUT2D eigenvalue weighted by molar-refractivity contribution is 5.84. The van der Waals surface area contributed by atoms with E-state index < -0.39 is 12.1 Å². The maximum absolute atomic E-state index is 12.2. The number of rotatable bonds is 6. The van der Waals surface area contributed by atoms with Crippen molar-refractivity contribution >= 4 is 18.2 Å². The summed E-state index contributed by atoms with van der Waals surface area (Å²) in [6.45, 7) is 12.3. The molecule has 1 heterocycles. The van der Waals surface area contributed by atoms with Crippen molar-refractivity contribution in [2.24, 2.45) is 5.41 Å². The first-order chi connectivity index (χ1) is 14.9. The first-order valence-corrected chi connectivity index (χ1v) is 10.9. The number of β-amino-alcohol motifs (C(OH)–C–C–N with tert-alkyl or cyclic N) is 1. The number of likely N-dealkylation sites (tertiary alicyclic amines) is 1. The molecule has 3 N–H and O–H groups in total. The predicted molar refractivity (Wildman–Crippen MR) is 122 cm³/mol. The minimum atomic E-state index is -0.656. The van der Waals surface area contributed by atoms with Crippen LogP contribution < -0.4 is 10.6 Å². The minimum absolute atomic E-state index is 0.132. The standard InChI is InChI=1S/C15H17N3O3.C9H19NO/c1-10(12-4-2-11(7-16)3-5-12)17-15(21)14-6-13(20)8-18(14)9-19;1-6-8(11)10-7(2)9(3,4)5/h2-5,9-10,13-14,20H,6,8H2,1H3,(H,17,21);7H,6H2,1-5H3,(H,10,11). The molecule has 0 saturated carbocycles. The van der Waals surface area contributed by atoms with E-state index in [4.69, 9.17) is 5.26 Å². The van der Waals surface area contributed by atoms with E-state index in [2.05, 4.69) is 31.4 Å². The number of benzene rings is 1. The molecule has 2 rings (SSSR count). The van der Waals surface area contributed by atoms with Crippen LogP contribution in [0.5, 0.6) is 0 Å². The Bertz CT molecular complexity index is 811. The Kier molecular flexibility index (Phi) is 10.3. The number of aliphatic hydroxyl groups is 1. The molecule has 0 radical (unpaired) electrons. The van der Waals surface area contributed by atoms with Gasteiger partial charge in [0.05, 0.1) is 23.8 Å². The van der Waals surface area contributed by atoms with E-state index in [1.165, 1.54) is 4.90 Å². The summed E-state index contributed by atoms with van der Waals surface area (Å²) < 4.78 is 0. The lowest BCUT2D eigenvalue weighted by Gasteiger charge is -2.27. The second-order valence-electron chi connectivity index (χ2n) is 9.18. The van der Waals surface area contributed by atoms with Crippen molar-refractivity contribution in [3.63, 3.8) is 0 Å². The Hall–Kier alpha value is -2.92. The first kappa shape index (κ1) is 27.1. The number of nitrogens with one attached hydrogen (secondary N) is 2. The molecule has 1 fully saturated rings. The lowest BCUT2D eigenvalue weighted by Crippen LogP contribution is -2.43. The van der Waals surface area contributed by atoms with E-state index in [0.717, 1.165) is 5.56 Å². The lowest BCUT2D eigenvalue weighted by molar-refractivity contribution is -0.131. The predicted octanol–water partition coefficient (Wildman–Crippen LogP) is 2.27. The molecule has 176 valence electrons. The Morgan fingerprint density at radius 2 is 1.84 bits per heavy atom. The fourth-order valence-electron chi connectivity index (χ4n) is 3.01. The molecule has 1 saturated heterocycles. The monoisotopic (exact) mass is 444 g/mol. The number of carbonyl (C=O) groups is 3. The van der Waals surface area contributed by atoms with Crippen LogP contribution in [0.1, 0.15) is 71.6 Å². The molecule has 1 aromatic rings. The average molecular weight is 445 g/mol. The van der Waals surface area contributed by atoms with Gasteiger partial charge in [-0.1, -0.05) is 39.8 Å². The number of nitriles is 1. The summed E-state index contributed by atoms with van der Waals surface area (Å²) >= 11 is 0. The fourth-order valence-corrected chi connectivity index (χ4v) is 3.01. The topological polar surface area (TPSA) is 123 Å². The fraction of sp³-hybridized carbons (Fsp3) is 0.583. The molecule has 3 amide bonds. The molecule has 1 aromatic carbocycles. The molecule has 4 unspecified atom stereocenters. The second-order valence-corrected chi connectivity index (χ2v) is 9.18. The molecular formula is C24H36N4O4. The van der Waals surface area contributed by atoms with Gasteiger partial charge in [-0.3, -0.25) is 14.4 Å². The van der Waals surface area contributed by atoms with E-state index in [1.54, 1.807) is 24.3 Å². The minimum Gasteiger partial charge on any atom is -0.391 e. The van der Waals surface area contributed by atoms with Gasteiger partial charge in [-0.15, -0.1) is 0 Å². The van der Waals surface area contributed by atoms with Crippen molar-refractivity contribution in [1.82, 2.24) is 15.5 Å². The van der Waals surface area contributed by atoms with Crippen LogP contribution in [0.25, 0.3) is 0 Å². The van der Waals surface area contributed by atoms with Gasteiger partial charge in [-0.05, 0) is 37.0 Å². The maximum Gasteiger partial charge on any atom is 0.243 e. The number of nitrogens with zero attached hydrogens (tertiary/aromatic N) is 2. The Labute approximate surface area is 191 Å². The average Bonchev–Trinajstić information content (AvgIpc) is 3.14. The zero-order valence-electron chi connectivity index (χ0n) is 19.9. The van der Waals surface area contributed by atoms with Gasteiger partial charge in [0, 0.05) is 25.4 Å². The third-order valence-corrected chi connectivity index (χ3v) is 5.65.